The van der Waals surface area contributed by atoms with Gasteiger partial charge in [0, 0.05) is 50.7 Å². The molecule has 1 aliphatic heterocycles. The van der Waals surface area contributed by atoms with Gasteiger partial charge in [-0.05, 0) is 24.1 Å². The van der Waals surface area contributed by atoms with E-state index in [1.807, 2.05) is 30.3 Å². The molecule has 0 fully saturated rings. The molecule has 1 aliphatic rings. The Morgan fingerprint density at radius 1 is 1.06 bits per heavy atom. The van der Waals surface area contributed by atoms with Crippen molar-refractivity contribution in [1.29, 1.82) is 0 Å². The monoisotopic (exact) mass is 444 g/mol. The zero-order valence-electron chi connectivity index (χ0n) is 18.8. The Morgan fingerprint density at radius 3 is 2.72 bits per heavy atom. The van der Waals surface area contributed by atoms with Gasteiger partial charge in [0.1, 0.15) is 0 Å². The van der Waals surface area contributed by atoms with Gasteiger partial charge in [-0.15, -0.1) is 0 Å². The first kappa shape index (κ1) is 23.6. The number of guanidine groups is 1. The Kier molecular flexibility index (Phi) is 9.88. The highest BCUT2D eigenvalue weighted by Crippen LogP contribution is 2.32. The number of aromatic nitrogens is 1. The molecule has 0 saturated heterocycles. The Balaban J connectivity index is 1.61. The van der Waals surface area contributed by atoms with Crippen molar-refractivity contribution in [3.05, 3.63) is 42.1 Å². The Bertz CT molecular complexity index is 845. The van der Waals surface area contributed by atoms with Crippen molar-refractivity contribution in [3.63, 3.8) is 0 Å². The minimum absolute atomic E-state index is 0.473. The van der Waals surface area contributed by atoms with E-state index in [0.717, 1.165) is 35.6 Å². The largest absolute Gasteiger partial charge is 0.490 e. The first-order valence-electron chi connectivity index (χ1n) is 10.8. The quantitative estimate of drug-likeness (QED) is 0.310. The first-order chi connectivity index (χ1) is 15.8. The summed E-state index contributed by atoms with van der Waals surface area (Å²) in [6, 6.07) is 9.57. The third-order valence-corrected chi connectivity index (χ3v) is 4.63. The number of fused-ring (bicyclic) bond motifs is 1. The summed E-state index contributed by atoms with van der Waals surface area (Å²) in [4.78, 5) is 8.94. The van der Waals surface area contributed by atoms with Crippen molar-refractivity contribution in [2.24, 2.45) is 4.99 Å². The predicted molar refractivity (Wildman–Crippen MR) is 123 cm³/mol. The summed E-state index contributed by atoms with van der Waals surface area (Å²) in [6.07, 6.45) is 3.47. The van der Waals surface area contributed by atoms with Gasteiger partial charge in [-0.2, -0.15) is 0 Å². The minimum Gasteiger partial charge on any atom is -0.490 e. The smallest absolute Gasteiger partial charge is 0.212 e. The maximum atomic E-state index is 5.79. The SMILES string of the molecule is COCCOCCCNC(=NCc1ccc(OC)nc1)Nc1ccc2c(c1)OCCCO2. The maximum Gasteiger partial charge on any atom is 0.212 e. The number of hydrogen-bond donors (Lipinski definition) is 2. The van der Waals surface area contributed by atoms with E-state index in [2.05, 4.69) is 15.6 Å². The molecular formula is C23H32N4O5. The fourth-order valence-corrected chi connectivity index (χ4v) is 2.94. The third-order valence-electron chi connectivity index (χ3n) is 4.63. The first-order valence-corrected chi connectivity index (χ1v) is 10.8. The molecule has 2 heterocycles. The molecule has 1 aromatic heterocycles. The summed E-state index contributed by atoms with van der Waals surface area (Å²) >= 11 is 0. The lowest BCUT2D eigenvalue weighted by atomic mass is 10.2. The summed E-state index contributed by atoms with van der Waals surface area (Å²) in [5, 5.41) is 6.71. The van der Waals surface area contributed by atoms with E-state index in [0.29, 0.717) is 58.0 Å². The van der Waals surface area contributed by atoms with Gasteiger partial charge in [0.2, 0.25) is 5.88 Å². The molecule has 2 N–H and O–H groups in total. The van der Waals surface area contributed by atoms with Crippen LogP contribution >= 0.6 is 0 Å². The van der Waals surface area contributed by atoms with Crippen molar-refractivity contribution in [2.75, 3.05) is 59.1 Å². The molecule has 9 nitrogen and oxygen atoms in total. The summed E-state index contributed by atoms with van der Waals surface area (Å²) in [7, 11) is 3.26. The molecule has 0 amide bonds. The zero-order valence-corrected chi connectivity index (χ0v) is 18.8. The van der Waals surface area contributed by atoms with E-state index in [1.165, 1.54) is 0 Å². The summed E-state index contributed by atoms with van der Waals surface area (Å²) in [6.45, 7) is 4.33. The number of hydrogen-bond acceptors (Lipinski definition) is 7. The molecule has 0 bridgehead atoms. The number of nitrogens with zero attached hydrogens (tertiary/aromatic N) is 2. The molecule has 32 heavy (non-hydrogen) atoms. The van der Waals surface area contributed by atoms with Crippen LogP contribution < -0.4 is 24.8 Å². The van der Waals surface area contributed by atoms with Gasteiger partial charge in [0.15, 0.2) is 17.5 Å². The standard InChI is InChI=1S/C23H32N4O5/c1-28-13-14-30-10-3-9-24-23(26-17-18-5-8-22(29-2)25-16-18)27-19-6-7-20-21(15-19)32-12-4-11-31-20/h5-8,15-16H,3-4,9-14,17H2,1-2H3,(H2,24,26,27). The van der Waals surface area contributed by atoms with E-state index < -0.39 is 0 Å². The number of anilines is 1. The van der Waals surface area contributed by atoms with Gasteiger partial charge in [0.25, 0.3) is 0 Å². The van der Waals surface area contributed by atoms with Crippen molar-refractivity contribution < 1.29 is 23.7 Å². The lowest BCUT2D eigenvalue weighted by molar-refractivity contribution is 0.0699. The lowest BCUT2D eigenvalue weighted by Crippen LogP contribution is -2.32. The van der Waals surface area contributed by atoms with Crippen LogP contribution in [0, 0.1) is 0 Å². The number of rotatable bonds is 11. The molecular weight excluding hydrogens is 412 g/mol. The highest BCUT2D eigenvalue weighted by Gasteiger charge is 2.11. The zero-order chi connectivity index (χ0) is 22.4. The molecule has 3 rings (SSSR count). The van der Waals surface area contributed by atoms with Crippen LogP contribution in [0.4, 0.5) is 5.69 Å². The van der Waals surface area contributed by atoms with E-state index in [4.69, 9.17) is 28.7 Å². The summed E-state index contributed by atoms with van der Waals surface area (Å²) in [5.74, 6) is 2.73. The molecule has 1 aromatic carbocycles. The lowest BCUT2D eigenvalue weighted by Gasteiger charge is -2.15. The number of ether oxygens (including phenoxy) is 5. The predicted octanol–water partition coefficient (Wildman–Crippen LogP) is 2.86. The van der Waals surface area contributed by atoms with E-state index in [-0.39, 0.29) is 0 Å². The minimum atomic E-state index is 0.473. The molecule has 174 valence electrons. The van der Waals surface area contributed by atoms with Crippen molar-refractivity contribution in [3.8, 4) is 17.4 Å². The van der Waals surface area contributed by atoms with Crippen LogP contribution in [0.5, 0.6) is 17.4 Å². The second-order valence-electron chi connectivity index (χ2n) is 7.10. The van der Waals surface area contributed by atoms with Crippen LogP contribution in [0.25, 0.3) is 0 Å². The molecule has 9 heteroatoms. The van der Waals surface area contributed by atoms with Gasteiger partial charge in [-0.1, -0.05) is 6.07 Å². The van der Waals surface area contributed by atoms with Gasteiger partial charge in [-0.3, -0.25) is 0 Å². The average Bonchev–Trinajstić information content (AvgIpc) is 3.07. The highest BCUT2D eigenvalue weighted by atomic mass is 16.5. The van der Waals surface area contributed by atoms with E-state index in [9.17, 15) is 0 Å². The molecule has 0 spiro atoms. The topological polar surface area (TPSA) is 95.5 Å². The van der Waals surface area contributed by atoms with E-state index >= 15 is 0 Å². The molecule has 2 aromatic rings. The fraction of sp³-hybridized carbons (Fsp3) is 0.478. The normalized spacial score (nSPS) is 13.4. The molecule has 0 aliphatic carbocycles. The number of methoxy groups -OCH3 is 2. The second-order valence-corrected chi connectivity index (χ2v) is 7.10. The fourth-order valence-electron chi connectivity index (χ4n) is 2.94. The van der Waals surface area contributed by atoms with E-state index in [1.54, 1.807) is 20.4 Å². The van der Waals surface area contributed by atoms with Crippen LogP contribution in [-0.4, -0.2) is 64.7 Å². The molecule has 0 unspecified atom stereocenters. The van der Waals surface area contributed by atoms with Crippen LogP contribution in [0.2, 0.25) is 0 Å². The van der Waals surface area contributed by atoms with Crippen LogP contribution in [-0.2, 0) is 16.0 Å². The highest BCUT2D eigenvalue weighted by molar-refractivity contribution is 5.93. The Hall–Kier alpha value is -3.04. The van der Waals surface area contributed by atoms with Crippen molar-refractivity contribution in [2.45, 2.75) is 19.4 Å². The summed E-state index contributed by atoms with van der Waals surface area (Å²) in [5.41, 5.74) is 1.85. The number of aliphatic imine (C=N–C) groups is 1. The number of pyridine rings is 1. The van der Waals surface area contributed by atoms with Crippen molar-refractivity contribution >= 4 is 11.6 Å². The average molecular weight is 445 g/mol. The van der Waals surface area contributed by atoms with Gasteiger partial charge in [0.05, 0.1) is 40.1 Å². The number of nitrogens with one attached hydrogen (secondary N) is 2. The van der Waals surface area contributed by atoms with Gasteiger partial charge >= 0.3 is 0 Å². The van der Waals surface area contributed by atoms with Crippen molar-refractivity contribution in [1.82, 2.24) is 10.3 Å². The third kappa shape index (κ3) is 7.90. The Labute approximate surface area is 189 Å². The Morgan fingerprint density at radius 2 is 1.94 bits per heavy atom. The molecule has 0 atom stereocenters. The second kappa shape index (κ2) is 13.4. The van der Waals surface area contributed by atoms with Crippen LogP contribution in [0.1, 0.15) is 18.4 Å². The van der Waals surface area contributed by atoms with Crippen LogP contribution in [0.15, 0.2) is 41.5 Å². The summed E-state index contributed by atoms with van der Waals surface area (Å²) < 4.78 is 27.1. The molecule has 0 saturated carbocycles. The van der Waals surface area contributed by atoms with Crippen LogP contribution in [0.3, 0.4) is 0 Å². The van der Waals surface area contributed by atoms with Gasteiger partial charge in [-0.25, -0.2) is 9.98 Å². The molecule has 0 radical (unpaired) electrons. The maximum absolute atomic E-state index is 5.79. The number of benzene rings is 1. The van der Waals surface area contributed by atoms with Gasteiger partial charge < -0.3 is 34.3 Å².